The highest BCUT2D eigenvalue weighted by Crippen LogP contribution is 2.29. The van der Waals surface area contributed by atoms with Crippen LogP contribution in [0.3, 0.4) is 0 Å². The Morgan fingerprint density at radius 3 is 2.67 bits per heavy atom. The molecule has 5 nitrogen and oxygen atoms in total. The van der Waals surface area contributed by atoms with E-state index < -0.39 is 5.92 Å². The zero-order valence-electron chi connectivity index (χ0n) is 14.0. The first-order valence-corrected chi connectivity index (χ1v) is 9.39. The quantitative estimate of drug-likeness (QED) is 0.798. The fraction of sp³-hybridized carbons (Fsp3) is 0.556. The summed E-state index contributed by atoms with van der Waals surface area (Å²) in [5.41, 5.74) is 0.859. The van der Waals surface area contributed by atoms with Gasteiger partial charge in [0.05, 0.1) is 0 Å². The minimum absolute atomic E-state index is 0.0143. The first-order valence-electron chi connectivity index (χ1n) is 8.60. The number of likely N-dealkylation sites (tertiary alicyclic amines) is 1. The molecule has 2 heterocycles. The summed E-state index contributed by atoms with van der Waals surface area (Å²) >= 11 is 3.44. The van der Waals surface area contributed by atoms with Gasteiger partial charge in [-0.25, -0.2) is 0 Å². The molecule has 0 aromatic heterocycles. The molecule has 1 aromatic rings. The fourth-order valence-electron chi connectivity index (χ4n) is 3.68. The van der Waals surface area contributed by atoms with Gasteiger partial charge in [-0.15, -0.1) is 0 Å². The molecule has 1 unspecified atom stereocenters. The van der Waals surface area contributed by atoms with Crippen molar-refractivity contribution in [2.45, 2.75) is 19.3 Å². The first kappa shape index (κ1) is 17.4. The number of carbonyl (C=O) groups excluding carboxylic acids is 2. The van der Waals surface area contributed by atoms with Crippen molar-refractivity contribution in [2.24, 2.45) is 11.8 Å². The molecular weight excluding hydrogens is 370 g/mol. The van der Waals surface area contributed by atoms with E-state index in [0.29, 0.717) is 18.9 Å². The van der Waals surface area contributed by atoms with Gasteiger partial charge >= 0.3 is 0 Å². The number of hydrogen-bond donors (Lipinski definition) is 1. The molecule has 2 aliphatic heterocycles. The van der Waals surface area contributed by atoms with Crippen molar-refractivity contribution in [3.05, 3.63) is 28.7 Å². The standard InChI is InChI=1S/C18H24BrN3O2/c1-20-12-13-5-8-21(9-6-13)17(23)16-7-10-22(18(16)24)15-4-2-3-14(19)11-15/h2-4,11,13,16,20H,5-10,12H2,1H3. The number of piperidine rings is 1. The van der Waals surface area contributed by atoms with E-state index in [1.54, 1.807) is 4.90 Å². The highest BCUT2D eigenvalue weighted by Gasteiger charge is 2.40. The molecule has 0 radical (unpaired) electrons. The van der Waals surface area contributed by atoms with Crippen LogP contribution in [-0.4, -0.2) is 49.9 Å². The summed E-state index contributed by atoms with van der Waals surface area (Å²) in [7, 11) is 1.96. The number of nitrogens with zero attached hydrogens (tertiary/aromatic N) is 2. The van der Waals surface area contributed by atoms with Crippen molar-refractivity contribution in [2.75, 3.05) is 38.1 Å². The van der Waals surface area contributed by atoms with Crippen LogP contribution in [0.2, 0.25) is 0 Å². The number of anilines is 1. The molecule has 6 heteroatoms. The first-order chi connectivity index (χ1) is 11.6. The number of halogens is 1. The van der Waals surface area contributed by atoms with E-state index in [4.69, 9.17) is 0 Å². The zero-order valence-corrected chi connectivity index (χ0v) is 15.6. The molecule has 0 saturated carbocycles. The average molecular weight is 394 g/mol. The molecule has 130 valence electrons. The fourth-order valence-corrected chi connectivity index (χ4v) is 4.06. The number of nitrogens with one attached hydrogen (secondary N) is 1. The largest absolute Gasteiger partial charge is 0.342 e. The maximum absolute atomic E-state index is 12.8. The molecule has 3 rings (SSSR count). The minimum Gasteiger partial charge on any atom is -0.342 e. The summed E-state index contributed by atoms with van der Waals surface area (Å²) in [5.74, 6) is 0.0807. The van der Waals surface area contributed by atoms with Crippen molar-refractivity contribution in [1.82, 2.24) is 10.2 Å². The summed E-state index contributed by atoms with van der Waals surface area (Å²) in [4.78, 5) is 29.1. The third kappa shape index (κ3) is 3.64. The summed E-state index contributed by atoms with van der Waals surface area (Å²) in [6.07, 6.45) is 2.65. The molecule has 0 spiro atoms. The van der Waals surface area contributed by atoms with Crippen molar-refractivity contribution in [1.29, 1.82) is 0 Å². The summed E-state index contributed by atoms with van der Waals surface area (Å²) in [5, 5.41) is 3.20. The van der Waals surface area contributed by atoms with Gasteiger partial charge in [0.15, 0.2) is 0 Å². The van der Waals surface area contributed by atoms with E-state index in [0.717, 1.165) is 42.6 Å². The second kappa shape index (κ2) is 7.66. The lowest BCUT2D eigenvalue weighted by Gasteiger charge is -2.33. The zero-order chi connectivity index (χ0) is 17.1. The normalized spacial score (nSPS) is 22.2. The topological polar surface area (TPSA) is 52.7 Å². The minimum atomic E-state index is -0.509. The van der Waals surface area contributed by atoms with Gasteiger partial charge in [-0.1, -0.05) is 22.0 Å². The molecule has 0 aliphatic carbocycles. The maximum Gasteiger partial charge on any atom is 0.239 e. The van der Waals surface area contributed by atoms with E-state index in [-0.39, 0.29) is 11.8 Å². The smallest absolute Gasteiger partial charge is 0.239 e. The lowest BCUT2D eigenvalue weighted by molar-refractivity contribution is -0.141. The van der Waals surface area contributed by atoms with Gasteiger partial charge in [0.1, 0.15) is 5.92 Å². The number of carbonyl (C=O) groups is 2. The molecule has 2 amide bonds. The van der Waals surface area contributed by atoms with E-state index >= 15 is 0 Å². The predicted molar refractivity (Wildman–Crippen MR) is 97.8 cm³/mol. The van der Waals surface area contributed by atoms with Gasteiger partial charge in [0.2, 0.25) is 11.8 Å². The number of benzene rings is 1. The van der Waals surface area contributed by atoms with Crippen LogP contribution in [-0.2, 0) is 9.59 Å². The molecule has 1 atom stereocenters. The van der Waals surface area contributed by atoms with E-state index in [1.807, 2.05) is 36.2 Å². The van der Waals surface area contributed by atoms with Crippen LogP contribution in [0.1, 0.15) is 19.3 Å². The Morgan fingerprint density at radius 2 is 2.00 bits per heavy atom. The lowest BCUT2D eigenvalue weighted by Crippen LogP contribution is -2.45. The highest BCUT2D eigenvalue weighted by atomic mass is 79.9. The van der Waals surface area contributed by atoms with Crippen LogP contribution in [0.5, 0.6) is 0 Å². The number of amides is 2. The Labute approximate surface area is 151 Å². The molecule has 0 bridgehead atoms. The Kier molecular flexibility index (Phi) is 5.56. The van der Waals surface area contributed by atoms with Crippen LogP contribution in [0.25, 0.3) is 0 Å². The van der Waals surface area contributed by atoms with Crippen LogP contribution >= 0.6 is 15.9 Å². The third-order valence-electron chi connectivity index (χ3n) is 5.04. The van der Waals surface area contributed by atoms with E-state index in [9.17, 15) is 9.59 Å². The van der Waals surface area contributed by atoms with Gasteiger partial charge in [-0.05, 0) is 57.0 Å². The van der Waals surface area contributed by atoms with Gasteiger partial charge in [-0.2, -0.15) is 0 Å². The number of rotatable bonds is 4. The van der Waals surface area contributed by atoms with Gasteiger partial charge in [0.25, 0.3) is 0 Å². The molecule has 1 N–H and O–H groups in total. The second-order valence-electron chi connectivity index (χ2n) is 6.64. The highest BCUT2D eigenvalue weighted by molar-refractivity contribution is 9.10. The Bertz CT molecular complexity index is 614. The second-order valence-corrected chi connectivity index (χ2v) is 7.55. The van der Waals surface area contributed by atoms with E-state index in [2.05, 4.69) is 21.2 Å². The van der Waals surface area contributed by atoms with Crippen molar-refractivity contribution < 1.29 is 9.59 Å². The Hall–Kier alpha value is -1.40. The molecule has 2 aliphatic rings. The van der Waals surface area contributed by atoms with Crippen LogP contribution in [0.4, 0.5) is 5.69 Å². The summed E-state index contributed by atoms with van der Waals surface area (Å²) in [6.45, 7) is 3.15. The van der Waals surface area contributed by atoms with Crippen LogP contribution in [0.15, 0.2) is 28.7 Å². The maximum atomic E-state index is 12.8. The Morgan fingerprint density at radius 1 is 1.25 bits per heavy atom. The summed E-state index contributed by atoms with van der Waals surface area (Å²) in [6, 6.07) is 7.68. The lowest BCUT2D eigenvalue weighted by atomic mass is 9.95. The van der Waals surface area contributed by atoms with Crippen molar-refractivity contribution >= 4 is 33.4 Å². The molecule has 2 fully saturated rings. The third-order valence-corrected chi connectivity index (χ3v) is 5.54. The van der Waals surface area contributed by atoms with Gasteiger partial charge in [0, 0.05) is 29.8 Å². The van der Waals surface area contributed by atoms with Crippen LogP contribution in [0, 0.1) is 11.8 Å². The monoisotopic (exact) mass is 393 g/mol. The molecule has 1 aromatic carbocycles. The SMILES string of the molecule is CNCC1CCN(C(=O)C2CCN(c3cccc(Br)c3)C2=O)CC1. The predicted octanol–water partition coefficient (Wildman–Crippen LogP) is 2.26. The van der Waals surface area contributed by atoms with Crippen molar-refractivity contribution in [3.8, 4) is 0 Å². The van der Waals surface area contributed by atoms with Crippen LogP contribution < -0.4 is 10.2 Å². The summed E-state index contributed by atoms with van der Waals surface area (Å²) < 4.78 is 0.939. The van der Waals surface area contributed by atoms with Crippen molar-refractivity contribution in [3.63, 3.8) is 0 Å². The molecular formula is C18H24BrN3O2. The average Bonchev–Trinajstić information content (AvgIpc) is 2.97. The number of hydrogen-bond acceptors (Lipinski definition) is 3. The Balaban J connectivity index is 1.62. The van der Waals surface area contributed by atoms with Gasteiger partial charge in [-0.3, -0.25) is 9.59 Å². The molecule has 2 saturated heterocycles. The van der Waals surface area contributed by atoms with E-state index in [1.165, 1.54) is 0 Å². The van der Waals surface area contributed by atoms with Gasteiger partial charge < -0.3 is 15.1 Å². The molecule has 24 heavy (non-hydrogen) atoms.